The molecule has 32 heavy (non-hydrogen) atoms. The third-order valence-electron chi connectivity index (χ3n) is 4.97. The van der Waals surface area contributed by atoms with Crippen molar-refractivity contribution in [1.82, 2.24) is 19.3 Å². The van der Waals surface area contributed by atoms with Gasteiger partial charge in [0.05, 0.1) is 6.54 Å². The van der Waals surface area contributed by atoms with E-state index in [1.54, 1.807) is 35.3 Å². The number of anilines is 1. The van der Waals surface area contributed by atoms with Crippen molar-refractivity contribution in [2.24, 2.45) is 5.92 Å². The molecular weight excluding hydrogens is 404 g/mol. The van der Waals surface area contributed by atoms with Crippen LogP contribution in [-0.2, 0) is 17.9 Å². The maximum Gasteiger partial charge on any atom is 0.266 e. The average molecular weight is 433 g/mol. The molecule has 0 fully saturated rings. The Morgan fingerprint density at radius 3 is 2.81 bits per heavy atom. The molecule has 0 unspecified atom stereocenters. The van der Waals surface area contributed by atoms with Gasteiger partial charge in [-0.2, -0.15) is 10.4 Å². The lowest BCUT2D eigenvalue weighted by molar-refractivity contribution is -0.112. The van der Waals surface area contributed by atoms with Crippen molar-refractivity contribution < 1.29 is 9.53 Å². The van der Waals surface area contributed by atoms with E-state index < -0.39 is 5.91 Å². The second-order valence-corrected chi connectivity index (χ2v) is 7.99. The summed E-state index contributed by atoms with van der Waals surface area (Å²) in [4.78, 5) is 16.6. The van der Waals surface area contributed by atoms with Crippen LogP contribution in [0.3, 0.4) is 0 Å². The molecule has 0 atom stereocenters. The van der Waals surface area contributed by atoms with Crippen LogP contribution in [0.5, 0.6) is 5.75 Å². The minimum Gasteiger partial charge on any atom is -0.492 e. The number of carbonyl (C=O) groups excluding carboxylic acids is 1. The van der Waals surface area contributed by atoms with Crippen molar-refractivity contribution in [3.8, 4) is 11.8 Å². The lowest BCUT2D eigenvalue weighted by Gasteiger charge is -2.12. The Balaban J connectivity index is 1.68. The molecule has 0 bridgehead atoms. The third kappa shape index (κ3) is 5.85. The van der Waals surface area contributed by atoms with Crippen molar-refractivity contribution in [3.05, 3.63) is 65.5 Å². The number of amides is 1. The number of aryl methyl sites for hydroxylation is 1. The summed E-state index contributed by atoms with van der Waals surface area (Å²) in [5.41, 5.74) is 3.63. The molecule has 0 aliphatic rings. The van der Waals surface area contributed by atoms with Crippen LogP contribution >= 0.6 is 0 Å². The molecule has 2 heterocycles. The SMILES string of the molecule is Cc1cc(C=C(C#N)C(=O)Nc2cccc(OCCn3cncn3)c2)c(C)n1CC(C)C. The molecule has 2 aromatic heterocycles. The highest BCUT2D eigenvalue weighted by atomic mass is 16.5. The molecule has 3 aromatic rings. The molecule has 0 saturated carbocycles. The van der Waals surface area contributed by atoms with Gasteiger partial charge in [-0.25, -0.2) is 9.67 Å². The zero-order chi connectivity index (χ0) is 23.1. The van der Waals surface area contributed by atoms with Crippen molar-refractivity contribution in [2.75, 3.05) is 11.9 Å². The number of hydrogen-bond acceptors (Lipinski definition) is 5. The summed E-state index contributed by atoms with van der Waals surface area (Å²) in [5.74, 6) is 0.657. The first-order chi connectivity index (χ1) is 15.4. The van der Waals surface area contributed by atoms with Crippen LogP contribution in [0.25, 0.3) is 6.08 Å². The van der Waals surface area contributed by atoms with Gasteiger partial charge < -0.3 is 14.6 Å². The van der Waals surface area contributed by atoms with Crippen LogP contribution in [0.1, 0.15) is 30.8 Å². The van der Waals surface area contributed by atoms with Crippen LogP contribution in [0.15, 0.2) is 48.6 Å². The normalized spacial score (nSPS) is 11.4. The fourth-order valence-electron chi connectivity index (χ4n) is 3.39. The predicted octanol–water partition coefficient (Wildman–Crippen LogP) is 3.98. The molecular formula is C24H28N6O2. The summed E-state index contributed by atoms with van der Waals surface area (Å²) >= 11 is 0. The highest BCUT2D eigenvalue weighted by molar-refractivity contribution is 6.09. The van der Waals surface area contributed by atoms with E-state index in [9.17, 15) is 10.1 Å². The number of hydrogen-bond donors (Lipinski definition) is 1. The molecule has 1 N–H and O–H groups in total. The lowest BCUT2D eigenvalue weighted by Crippen LogP contribution is -2.14. The van der Waals surface area contributed by atoms with E-state index in [0.29, 0.717) is 30.5 Å². The first-order valence-electron chi connectivity index (χ1n) is 10.5. The molecule has 8 nitrogen and oxygen atoms in total. The third-order valence-corrected chi connectivity index (χ3v) is 4.97. The number of nitrogens with zero attached hydrogens (tertiary/aromatic N) is 5. The molecule has 0 spiro atoms. The first kappa shape index (κ1) is 22.8. The number of benzene rings is 1. The zero-order valence-electron chi connectivity index (χ0n) is 18.9. The van der Waals surface area contributed by atoms with Crippen LogP contribution in [-0.4, -0.2) is 31.8 Å². The molecule has 1 aromatic carbocycles. The van der Waals surface area contributed by atoms with Gasteiger partial charge >= 0.3 is 0 Å². The van der Waals surface area contributed by atoms with Gasteiger partial charge in [-0.05, 0) is 49.6 Å². The highest BCUT2D eigenvalue weighted by Crippen LogP contribution is 2.21. The first-order valence-corrected chi connectivity index (χ1v) is 10.5. The number of nitrogens with one attached hydrogen (secondary N) is 1. The number of rotatable bonds is 9. The summed E-state index contributed by atoms with van der Waals surface area (Å²) in [6.45, 7) is 10.2. The summed E-state index contributed by atoms with van der Waals surface area (Å²) in [7, 11) is 0. The Morgan fingerprint density at radius 2 is 2.12 bits per heavy atom. The largest absolute Gasteiger partial charge is 0.492 e. The average Bonchev–Trinajstić information content (AvgIpc) is 3.36. The molecule has 1 amide bonds. The molecule has 166 valence electrons. The minimum atomic E-state index is -0.457. The van der Waals surface area contributed by atoms with Crippen LogP contribution < -0.4 is 10.1 Å². The van der Waals surface area contributed by atoms with Gasteiger partial charge in [-0.1, -0.05) is 19.9 Å². The highest BCUT2D eigenvalue weighted by Gasteiger charge is 2.14. The number of ether oxygens (including phenoxy) is 1. The topological polar surface area (TPSA) is 97.8 Å². The molecule has 0 aliphatic heterocycles. The Hall–Kier alpha value is -3.86. The second kappa shape index (κ2) is 10.4. The maximum atomic E-state index is 12.7. The van der Waals surface area contributed by atoms with Crippen molar-refractivity contribution in [3.63, 3.8) is 0 Å². The standard InChI is InChI=1S/C24H28N6O2/c1-17(2)14-30-18(3)10-20(19(30)4)11-21(13-25)24(31)28-22-6-5-7-23(12-22)32-9-8-29-16-26-15-27-29/h5-7,10-12,15-17H,8-9,14H2,1-4H3,(H,28,31). The van der Waals surface area contributed by atoms with Gasteiger partial charge in [0, 0.05) is 29.7 Å². The van der Waals surface area contributed by atoms with E-state index in [-0.39, 0.29) is 5.57 Å². The number of carbonyl (C=O) groups is 1. The van der Waals surface area contributed by atoms with Crippen LogP contribution in [0.4, 0.5) is 5.69 Å². The maximum absolute atomic E-state index is 12.7. The smallest absolute Gasteiger partial charge is 0.266 e. The van der Waals surface area contributed by atoms with E-state index in [2.05, 4.69) is 33.8 Å². The monoisotopic (exact) mass is 432 g/mol. The summed E-state index contributed by atoms with van der Waals surface area (Å²) in [5, 5.41) is 16.4. The molecule has 3 rings (SSSR count). The van der Waals surface area contributed by atoms with E-state index in [0.717, 1.165) is 23.5 Å². The van der Waals surface area contributed by atoms with Crippen LogP contribution in [0.2, 0.25) is 0 Å². The lowest BCUT2D eigenvalue weighted by atomic mass is 10.1. The summed E-state index contributed by atoms with van der Waals surface area (Å²) < 4.78 is 9.61. The molecule has 0 radical (unpaired) electrons. The fourth-order valence-corrected chi connectivity index (χ4v) is 3.39. The number of nitriles is 1. The van der Waals surface area contributed by atoms with E-state index in [1.807, 2.05) is 32.0 Å². The second-order valence-electron chi connectivity index (χ2n) is 7.99. The number of aromatic nitrogens is 4. The van der Waals surface area contributed by atoms with Gasteiger partial charge in [0.1, 0.15) is 36.7 Å². The van der Waals surface area contributed by atoms with Gasteiger partial charge in [-0.15, -0.1) is 0 Å². The minimum absolute atomic E-state index is 0.0484. The van der Waals surface area contributed by atoms with Crippen molar-refractivity contribution in [1.29, 1.82) is 5.26 Å². The summed E-state index contributed by atoms with van der Waals surface area (Å²) in [6.07, 6.45) is 4.74. The van der Waals surface area contributed by atoms with Crippen molar-refractivity contribution in [2.45, 2.75) is 40.8 Å². The molecule has 0 aliphatic carbocycles. The zero-order valence-corrected chi connectivity index (χ0v) is 18.9. The van der Waals surface area contributed by atoms with E-state index in [1.165, 1.54) is 6.33 Å². The Labute approximate surface area is 188 Å². The van der Waals surface area contributed by atoms with Gasteiger partial charge in [-0.3, -0.25) is 4.79 Å². The van der Waals surface area contributed by atoms with E-state index >= 15 is 0 Å². The Bertz CT molecular complexity index is 1140. The fraction of sp³-hybridized carbons (Fsp3) is 0.333. The van der Waals surface area contributed by atoms with Crippen molar-refractivity contribution >= 4 is 17.7 Å². The predicted molar refractivity (Wildman–Crippen MR) is 123 cm³/mol. The van der Waals surface area contributed by atoms with Crippen LogP contribution in [0, 0.1) is 31.1 Å². The van der Waals surface area contributed by atoms with Gasteiger partial charge in [0.2, 0.25) is 0 Å². The molecule has 8 heteroatoms. The molecule has 0 saturated heterocycles. The quantitative estimate of drug-likeness (QED) is 0.407. The van der Waals surface area contributed by atoms with E-state index in [4.69, 9.17) is 4.74 Å². The Kier molecular flexibility index (Phi) is 7.45. The Morgan fingerprint density at radius 1 is 1.31 bits per heavy atom. The van der Waals surface area contributed by atoms with Gasteiger partial charge in [0.25, 0.3) is 5.91 Å². The summed E-state index contributed by atoms with van der Waals surface area (Å²) in [6, 6.07) is 11.1. The van der Waals surface area contributed by atoms with Gasteiger partial charge in [0.15, 0.2) is 0 Å².